The van der Waals surface area contributed by atoms with Crippen LogP contribution in [-0.2, 0) is 18.4 Å². The van der Waals surface area contributed by atoms with E-state index in [1.165, 1.54) is 0 Å². The van der Waals surface area contributed by atoms with Gasteiger partial charge in [-0.3, -0.25) is 9.48 Å². The Bertz CT molecular complexity index is 693. The van der Waals surface area contributed by atoms with Crippen LogP contribution in [0.2, 0.25) is 0 Å². The molecule has 0 saturated carbocycles. The molecule has 128 valence electrons. The van der Waals surface area contributed by atoms with Gasteiger partial charge in [0.25, 0.3) is 0 Å². The van der Waals surface area contributed by atoms with Gasteiger partial charge in [0.15, 0.2) is 0 Å². The lowest BCUT2D eigenvalue weighted by Gasteiger charge is -2.31. The van der Waals surface area contributed by atoms with Crippen LogP contribution in [0.1, 0.15) is 18.5 Å². The van der Waals surface area contributed by atoms with Gasteiger partial charge in [-0.05, 0) is 18.9 Å². The first-order chi connectivity index (χ1) is 11.7. The van der Waals surface area contributed by atoms with Crippen LogP contribution in [0, 0.1) is 5.92 Å². The van der Waals surface area contributed by atoms with Crippen molar-refractivity contribution in [2.24, 2.45) is 13.0 Å². The number of carbonyl (C=O) groups excluding carboxylic acids is 1. The molecule has 0 radical (unpaired) electrons. The zero-order chi connectivity index (χ0) is 16.9. The van der Waals surface area contributed by atoms with Gasteiger partial charge >= 0.3 is 0 Å². The van der Waals surface area contributed by atoms with Gasteiger partial charge in [-0.1, -0.05) is 0 Å². The molecule has 0 unspecified atom stereocenters. The highest BCUT2D eigenvalue weighted by atomic mass is 16.5. The summed E-state index contributed by atoms with van der Waals surface area (Å²) in [6.07, 6.45) is 5.00. The summed E-state index contributed by atoms with van der Waals surface area (Å²) in [6.45, 7) is 2.03. The lowest BCUT2D eigenvalue weighted by molar-refractivity contribution is -0.125. The highest BCUT2D eigenvalue weighted by Crippen LogP contribution is 2.22. The predicted molar refractivity (Wildman–Crippen MR) is 88.6 cm³/mol. The maximum absolute atomic E-state index is 12.3. The maximum atomic E-state index is 12.3. The molecule has 0 aromatic carbocycles. The van der Waals surface area contributed by atoms with Crippen LogP contribution in [-0.4, -0.2) is 45.9 Å². The first-order valence-corrected chi connectivity index (χ1v) is 8.04. The molecule has 24 heavy (non-hydrogen) atoms. The molecule has 0 atom stereocenters. The monoisotopic (exact) mass is 330 g/mol. The molecule has 0 spiro atoms. The minimum absolute atomic E-state index is 0.0279. The highest BCUT2D eigenvalue weighted by molar-refractivity contribution is 5.78. The standard InChI is InChI=1S/C16H22N6O2/c1-21-13(3-8-19-21)11-18-15(23)12-5-9-22(10-6-12)16-17-7-4-14(20-16)24-2/h3-4,7-8,12H,5-6,9-11H2,1-2H3,(H,18,23). The number of ether oxygens (including phenoxy) is 1. The summed E-state index contributed by atoms with van der Waals surface area (Å²) in [7, 11) is 3.46. The molecule has 1 amide bonds. The van der Waals surface area contributed by atoms with E-state index in [0.717, 1.165) is 31.6 Å². The van der Waals surface area contributed by atoms with E-state index in [0.29, 0.717) is 18.4 Å². The average Bonchev–Trinajstić information content (AvgIpc) is 3.05. The van der Waals surface area contributed by atoms with E-state index in [9.17, 15) is 4.79 Å². The van der Waals surface area contributed by atoms with E-state index in [-0.39, 0.29) is 11.8 Å². The van der Waals surface area contributed by atoms with Crippen molar-refractivity contribution in [2.45, 2.75) is 19.4 Å². The Labute approximate surface area is 140 Å². The van der Waals surface area contributed by atoms with Crippen molar-refractivity contribution >= 4 is 11.9 Å². The SMILES string of the molecule is COc1ccnc(N2CCC(C(=O)NCc3ccnn3C)CC2)n1. The number of piperidine rings is 1. The molecule has 2 aromatic rings. The minimum atomic E-state index is 0.0279. The number of amides is 1. The predicted octanol–water partition coefficient (Wildman–Crippen LogP) is 0.751. The lowest BCUT2D eigenvalue weighted by atomic mass is 9.96. The summed E-state index contributed by atoms with van der Waals surface area (Å²) < 4.78 is 6.90. The molecule has 8 heteroatoms. The topological polar surface area (TPSA) is 85.2 Å². The second-order valence-electron chi connectivity index (χ2n) is 5.82. The molecule has 3 heterocycles. The zero-order valence-electron chi connectivity index (χ0n) is 14.0. The van der Waals surface area contributed by atoms with Crippen LogP contribution in [0.4, 0.5) is 5.95 Å². The molecule has 1 N–H and O–H groups in total. The Balaban J connectivity index is 1.51. The third kappa shape index (κ3) is 3.64. The van der Waals surface area contributed by atoms with Gasteiger partial charge in [-0.15, -0.1) is 0 Å². The molecule has 0 bridgehead atoms. The van der Waals surface area contributed by atoms with Crippen LogP contribution in [0.5, 0.6) is 5.88 Å². The van der Waals surface area contributed by atoms with Crippen LogP contribution >= 0.6 is 0 Å². The third-order valence-corrected chi connectivity index (χ3v) is 4.34. The molecule has 8 nitrogen and oxygen atoms in total. The van der Waals surface area contributed by atoms with E-state index in [4.69, 9.17) is 4.74 Å². The second-order valence-corrected chi connectivity index (χ2v) is 5.82. The number of hydrogen-bond acceptors (Lipinski definition) is 6. The molecular weight excluding hydrogens is 308 g/mol. The average molecular weight is 330 g/mol. The quantitative estimate of drug-likeness (QED) is 0.871. The molecular formula is C16H22N6O2. The van der Waals surface area contributed by atoms with Crippen LogP contribution < -0.4 is 15.0 Å². The first-order valence-electron chi connectivity index (χ1n) is 8.04. The number of nitrogens with one attached hydrogen (secondary N) is 1. The summed E-state index contributed by atoms with van der Waals surface area (Å²) in [6, 6.07) is 3.63. The molecule has 1 aliphatic rings. The summed E-state index contributed by atoms with van der Waals surface area (Å²) in [5.74, 6) is 1.33. The number of rotatable bonds is 5. The van der Waals surface area contributed by atoms with Crippen LogP contribution in [0.3, 0.4) is 0 Å². The Morgan fingerprint density at radius 2 is 2.12 bits per heavy atom. The molecule has 0 aliphatic carbocycles. The number of methoxy groups -OCH3 is 1. The summed E-state index contributed by atoms with van der Waals surface area (Å²) in [5.41, 5.74) is 0.991. The number of nitrogens with zero attached hydrogens (tertiary/aromatic N) is 5. The summed E-state index contributed by atoms with van der Waals surface area (Å²) in [4.78, 5) is 23.1. The first kappa shape index (κ1) is 16.2. The molecule has 2 aromatic heterocycles. The Hall–Kier alpha value is -2.64. The normalized spacial score (nSPS) is 15.3. The molecule has 1 aliphatic heterocycles. The van der Waals surface area contributed by atoms with E-state index in [1.807, 2.05) is 13.1 Å². The summed E-state index contributed by atoms with van der Waals surface area (Å²) in [5, 5.41) is 7.10. The molecule has 3 rings (SSSR count). The van der Waals surface area contributed by atoms with Gasteiger partial charge in [0.1, 0.15) is 0 Å². The molecule has 1 saturated heterocycles. The smallest absolute Gasteiger partial charge is 0.228 e. The second kappa shape index (κ2) is 7.29. The van der Waals surface area contributed by atoms with E-state index >= 15 is 0 Å². The van der Waals surface area contributed by atoms with Crippen molar-refractivity contribution in [3.63, 3.8) is 0 Å². The van der Waals surface area contributed by atoms with Crippen molar-refractivity contribution in [3.8, 4) is 5.88 Å². The maximum Gasteiger partial charge on any atom is 0.228 e. The number of aryl methyl sites for hydroxylation is 1. The van der Waals surface area contributed by atoms with Crippen molar-refractivity contribution in [3.05, 3.63) is 30.2 Å². The lowest BCUT2D eigenvalue weighted by Crippen LogP contribution is -2.41. The largest absolute Gasteiger partial charge is 0.481 e. The fourth-order valence-electron chi connectivity index (χ4n) is 2.84. The van der Waals surface area contributed by atoms with Crippen LogP contribution in [0.15, 0.2) is 24.5 Å². The highest BCUT2D eigenvalue weighted by Gasteiger charge is 2.26. The van der Waals surface area contributed by atoms with Crippen LogP contribution in [0.25, 0.3) is 0 Å². The Morgan fingerprint density at radius 3 is 2.79 bits per heavy atom. The van der Waals surface area contributed by atoms with Gasteiger partial charge in [0.05, 0.1) is 19.3 Å². The van der Waals surface area contributed by atoms with Gasteiger partial charge < -0.3 is 15.0 Å². The van der Waals surface area contributed by atoms with E-state index < -0.39 is 0 Å². The summed E-state index contributed by atoms with van der Waals surface area (Å²) >= 11 is 0. The van der Waals surface area contributed by atoms with Crippen molar-refractivity contribution in [1.82, 2.24) is 25.1 Å². The number of anilines is 1. The van der Waals surface area contributed by atoms with Gasteiger partial charge in [0.2, 0.25) is 17.7 Å². The Morgan fingerprint density at radius 1 is 1.33 bits per heavy atom. The number of carbonyl (C=O) groups is 1. The van der Waals surface area contributed by atoms with Crippen molar-refractivity contribution < 1.29 is 9.53 Å². The van der Waals surface area contributed by atoms with Gasteiger partial charge in [-0.25, -0.2) is 4.98 Å². The number of hydrogen-bond donors (Lipinski definition) is 1. The zero-order valence-corrected chi connectivity index (χ0v) is 14.0. The van der Waals surface area contributed by atoms with E-state index in [1.54, 1.807) is 30.3 Å². The minimum Gasteiger partial charge on any atom is -0.481 e. The molecule has 1 fully saturated rings. The number of aromatic nitrogens is 4. The fourth-order valence-corrected chi connectivity index (χ4v) is 2.84. The fraction of sp³-hybridized carbons (Fsp3) is 0.500. The van der Waals surface area contributed by atoms with E-state index in [2.05, 4.69) is 25.3 Å². The third-order valence-electron chi connectivity index (χ3n) is 4.34. The van der Waals surface area contributed by atoms with Crippen molar-refractivity contribution in [1.29, 1.82) is 0 Å². The Kier molecular flexibility index (Phi) is 4.93. The van der Waals surface area contributed by atoms with Gasteiger partial charge in [-0.2, -0.15) is 10.1 Å². The van der Waals surface area contributed by atoms with Gasteiger partial charge in [0, 0.05) is 44.5 Å². The van der Waals surface area contributed by atoms with Crippen molar-refractivity contribution in [2.75, 3.05) is 25.1 Å².